The summed E-state index contributed by atoms with van der Waals surface area (Å²) in [5, 5.41) is 2.67. The maximum Gasteiger partial charge on any atom is 0.335 e. The number of carbonyl (C=O) groups excluding carboxylic acids is 3. The molecule has 0 unspecified atom stereocenters. The van der Waals surface area contributed by atoms with Crippen molar-refractivity contribution in [3.63, 3.8) is 0 Å². The smallest absolute Gasteiger partial charge is 0.335 e. The number of para-hydroxylation sites is 1. The molecule has 8 heteroatoms. The summed E-state index contributed by atoms with van der Waals surface area (Å²) in [4.78, 5) is 38.8. The third-order valence-corrected chi connectivity index (χ3v) is 5.77. The largest absolute Gasteiger partial charge is 0.488 e. The molecule has 32 heavy (non-hydrogen) atoms. The molecule has 1 saturated heterocycles. The van der Waals surface area contributed by atoms with E-state index in [1.165, 1.54) is 18.2 Å². The zero-order valence-corrected chi connectivity index (χ0v) is 18.9. The fourth-order valence-electron chi connectivity index (χ4n) is 3.14. The lowest BCUT2D eigenvalue weighted by Crippen LogP contribution is -2.54. The summed E-state index contributed by atoms with van der Waals surface area (Å²) in [5.74, 6) is -1.02. The van der Waals surface area contributed by atoms with Gasteiger partial charge in [-0.3, -0.25) is 14.9 Å². The average Bonchev–Trinajstić information content (AvgIpc) is 2.78. The van der Waals surface area contributed by atoms with Crippen LogP contribution in [0.3, 0.4) is 0 Å². The molecule has 160 valence electrons. The van der Waals surface area contributed by atoms with E-state index in [1.807, 2.05) is 24.3 Å². The molecule has 0 bridgehead atoms. The Morgan fingerprint density at radius 3 is 2.38 bits per heavy atom. The molecule has 0 aromatic heterocycles. The van der Waals surface area contributed by atoms with E-state index in [-0.39, 0.29) is 12.2 Å². The summed E-state index contributed by atoms with van der Waals surface area (Å²) in [5.41, 5.74) is 1.59. The Kier molecular flexibility index (Phi) is 6.39. The van der Waals surface area contributed by atoms with Crippen molar-refractivity contribution >= 4 is 57.1 Å². The number of imide groups is 2. The number of barbiturate groups is 1. The number of hydrogen-bond acceptors (Lipinski definition) is 4. The lowest BCUT2D eigenvalue weighted by molar-refractivity contribution is -0.122. The van der Waals surface area contributed by atoms with Crippen LogP contribution in [0.25, 0.3) is 6.08 Å². The minimum absolute atomic E-state index is 0.184. The maximum atomic E-state index is 13.1. The van der Waals surface area contributed by atoms with Crippen LogP contribution in [0.15, 0.2) is 82.8 Å². The van der Waals surface area contributed by atoms with Gasteiger partial charge in [0.2, 0.25) is 0 Å². The van der Waals surface area contributed by atoms with Crippen LogP contribution in [0.2, 0.25) is 5.02 Å². The zero-order chi connectivity index (χ0) is 22.7. The first-order valence-corrected chi connectivity index (χ1v) is 10.7. The van der Waals surface area contributed by atoms with E-state index in [2.05, 4.69) is 21.2 Å². The molecular weight excluding hydrogens is 496 g/mol. The SMILES string of the molecule is O=C1NC(=O)N(c2ccc(Cl)cc2)C(=O)/C1=C/c1ccccc1OCc1ccccc1Br. The van der Waals surface area contributed by atoms with E-state index in [9.17, 15) is 14.4 Å². The predicted molar refractivity (Wildman–Crippen MR) is 125 cm³/mol. The summed E-state index contributed by atoms with van der Waals surface area (Å²) in [6, 6.07) is 20.1. The van der Waals surface area contributed by atoms with Gasteiger partial charge < -0.3 is 4.74 Å². The Morgan fingerprint density at radius 2 is 1.62 bits per heavy atom. The number of urea groups is 1. The predicted octanol–water partition coefficient (Wildman–Crippen LogP) is 5.35. The highest BCUT2D eigenvalue weighted by Crippen LogP contribution is 2.27. The number of nitrogens with zero attached hydrogens (tertiary/aromatic N) is 1. The Balaban J connectivity index is 1.64. The molecule has 1 aliphatic heterocycles. The van der Waals surface area contributed by atoms with Crippen LogP contribution in [-0.4, -0.2) is 17.8 Å². The summed E-state index contributed by atoms with van der Waals surface area (Å²) in [6.07, 6.45) is 1.42. The zero-order valence-electron chi connectivity index (χ0n) is 16.5. The molecule has 1 fully saturated rings. The number of hydrogen-bond donors (Lipinski definition) is 1. The molecule has 1 aliphatic rings. The standard InChI is InChI=1S/C24H16BrClN2O4/c25-20-7-3-1-6-16(20)14-32-21-8-4-2-5-15(21)13-19-22(29)27-24(31)28(23(19)30)18-11-9-17(26)10-12-18/h1-13H,14H2,(H,27,29,31)/b19-13+. The van der Waals surface area contributed by atoms with E-state index >= 15 is 0 Å². The average molecular weight is 512 g/mol. The molecular formula is C24H16BrClN2O4. The Labute approximate surface area is 197 Å². The molecule has 1 heterocycles. The molecule has 0 radical (unpaired) electrons. The summed E-state index contributed by atoms with van der Waals surface area (Å²) in [6.45, 7) is 0.289. The number of ether oxygens (including phenoxy) is 1. The van der Waals surface area contributed by atoms with Gasteiger partial charge in [0.05, 0.1) is 5.69 Å². The molecule has 4 amide bonds. The minimum Gasteiger partial charge on any atom is -0.488 e. The van der Waals surface area contributed by atoms with Crippen LogP contribution in [-0.2, 0) is 16.2 Å². The lowest BCUT2D eigenvalue weighted by Gasteiger charge is -2.26. The van der Waals surface area contributed by atoms with Crippen molar-refractivity contribution < 1.29 is 19.1 Å². The number of rotatable bonds is 5. The molecule has 3 aromatic rings. The fourth-order valence-corrected chi connectivity index (χ4v) is 3.67. The van der Waals surface area contributed by atoms with E-state index in [1.54, 1.807) is 36.4 Å². The van der Waals surface area contributed by atoms with Crippen LogP contribution in [0.5, 0.6) is 5.75 Å². The fraction of sp³-hybridized carbons (Fsp3) is 0.0417. The van der Waals surface area contributed by atoms with Crippen LogP contribution in [0.1, 0.15) is 11.1 Å². The van der Waals surface area contributed by atoms with Crippen molar-refractivity contribution in [1.82, 2.24) is 5.32 Å². The van der Waals surface area contributed by atoms with Crippen LogP contribution < -0.4 is 15.0 Å². The van der Waals surface area contributed by atoms with Gasteiger partial charge in [-0.25, -0.2) is 9.69 Å². The van der Waals surface area contributed by atoms with Crippen molar-refractivity contribution in [3.8, 4) is 5.75 Å². The van der Waals surface area contributed by atoms with Gasteiger partial charge in [-0.15, -0.1) is 0 Å². The van der Waals surface area contributed by atoms with Crippen molar-refractivity contribution in [2.75, 3.05) is 4.90 Å². The summed E-state index contributed by atoms with van der Waals surface area (Å²) >= 11 is 9.38. The number of halogens is 2. The highest BCUT2D eigenvalue weighted by molar-refractivity contribution is 9.10. The van der Waals surface area contributed by atoms with E-state index < -0.39 is 17.8 Å². The van der Waals surface area contributed by atoms with Gasteiger partial charge in [-0.2, -0.15) is 0 Å². The third-order valence-electron chi connectivity index (χ3n) is 4.75. The molecule has 0 atom stereocenters. The second-order valence-corrected chi connectivity index (χ2v) is 8.14. The van der Waals surface area contributed by atoms with Gasteiger partial charge in [0, 0.05) is 20.6 Å². The van der Waals surface area contributed by atoms with Crippen molar-refractivity contribution in [2.24, 2.45) is 0 Å². The molecule has 4 rings (SSSR count). The van der Waals surface area contributed by atoms with Crippen molar-refractivity contribution in [1.29, 1.82) is 0 Å². The molecule has 0 saturated carbocycles. The van der Waals surface area contributed by atoms with Gasteiger partial charge in [0.15, 0.2) is 0 Å². The molecule has 3 aromatic carbocycles. The monoisotopic (exact) mass is 510 g/mol. The second kappa shape index (κ2) is 9.38. The first-order chi connectivity index (χ1) is 15.4. The highest BCUT2D eigenvalue weighted by atomic mass is 79.9. The van der Waals surface area contributed by atoms with E-state index in [0.29, 0.717) is 22.0 Å². The normalized spacial score (nSPS) is 15.1. The molecule has 6 nitrogen and oxygen atoms in total. The molecule has 0 aliphatic carbocycles. The number of amides is 4. The Hall–Kier alpha value is -3.42. The van der Waals surface area contributed by atoms with Crippen LogP contribution >= 0.6 is 27.5 Å². The van der Waals surface area contributed by atoms with Gasteiger partial charge in [-0.1, -0.05) is 63.9 Å². The van der Waals surface area contributed by atoms with Gasteiger partial charge in [-0.05, 0) is 42.5 Å². The number of anilines is 1. The Morgan fingerprint density at radius 1 is 0.938 bits per heavy atom. The number of benzene rings is 3. The first kappa shape index (κ1) is 21.8. The van der Waals surface area contributed by atoms with E-state index in [0.717, 1.165) is 14.9 Å². The van der Waals surface area contributed by atoms with Crippen LogP contribution in [0.4, 0.5) is 10.5 Å². The first-order valence-electron chi connectivity index (χ1n) is 9.56. The molecule has 1 N–H and O–H groups in total. The van der Waals surface area contributed by atoms with Gasteiger partial charge in [0.25, 0.3) is 11.8 Å². The minimum atomic E-state index is -0.821. The second-order valence-electron chi connectivity index (χ2n) is 6.85. The van der Waals surface area contributed by atoms with Gasteiger partial charge >= 0.3 is 6.03 Å². The maximum absolute atomic E-state index is 13.1. The molecule has 0 spiro atoms. The van der Waals surface area contributed by atoms with E-state index in [4.69, 9.17) is 16.3 Å². The quantitative estimate of drug-likeness (QED) is 0.370. The Bertz CT molecular complexity index is 1240. The number of carbonyl (C=O) groups is 3. The van der Waals surface area contributed by atoms with Crippen molar-refractivity contribution in [3.05, 3.63) is 99.0 Å². The third kappa shape index (κ3) is 4.59. The van der Waals surface area contributed by atoms with Gasteiger partial charge in [0.1, 0.15) is 17.9 Å². The summed E-state index contributed by atoms with van der Waals surface area (Å²) < 4.78 is 6.86. The summed E-state index contributed by atoms with van der Waals surface area (Å²) in [7, 11) is 0. The highest BCUT2D eigenvalue weighted by Gasteiger charge is 2.36. The topological polar surface area (TPSA) is 75.7 Å². The number of nitrogens with one attached hydrogen (secondary N) is 1. The van der Waals surface area contributed by atoms with Crippen molar-refractivity contribution in [2.45, 2.75) is 6.61 Å². The van der Waals surface area contributed by atoms with Crippen LogP contribution in [0, 0.1) is 0 Å². The lowest BCUT2D eigenvalue weighted by atomic mass is 10.1.